The van der Waals surface area contributed by atoms with Gasteiger partial charge in [-0.15, -0.1) is 0 Å². The smallest absolute Gasteiger partial charge is 0.311 e. The standard InChI is InChI=1S/C22H24FN5O5/c1-10-3-4-13(23)11(5-10)7-25-21(31)17-16-15(8-24-17)26-9-27-20(16)28-14-6-12(22(32)33-2)18(29)19(14)30/h3-5,9,12,14,18-19,29-30H,6-8H2,1-2H3,(H,25,31)(H,26,27,28)/t12-,14-,18+,19-/m1/s1. The van der Waals surface area contributed by atoms with Crippen LogP contribution in [0.5, 0.6) is 0 Å². The maximum Gasteiger partial charge on any atom is 0.311 e. The lowest BCUT2D eigenvalue weighted by Crippen LogP contribution is -2.37. The monoisotopic (exact) mass is 457 g/mol. The first-order valence-electron chi connectivity index (χ1n) is 10.4. The van der Waals surface area contributed by atoms with Crippen LogP contribution in [0, 0.1) is 18.7 Å². The van der Waals surface area contributed by atoms with Crippen molar-refractivity contribution in [3.8, 4) is 0 Å². The molecule has 1 aromatic carbocycles. The van der Waals surface area contributed by atoms with Gasteiger partial charge in [-0.3, -0.25) is 14.6 Å². The first kappa shape index (κ1) is 22.7. The fourth-order valence-electron chi connectivity index (χ4n) is 4.15. The zero-order valence-electron chi connectivity index (χ0n) is 18.1. The van der Waals surface area contributed by atoms with Gasteiger partial charge in [-0.1, -0.05) is 17.7 Å². The number of carbonyl (C=O) groups is 2. The van der Waals surface area contributed by atoms with E-state index in [2.05, 4.69) is 25.6 Å². The van der Waals surface area contributed by atoms with Crippen LogP contribution in [-0.4, -0.2) is 63.1 Å². The Morgan fingerprint density at radius 3 is 2.79 bits per heavy atom. The Balaban J connectivity index is 1.51. The molecule has 0 bridgehead atoms. The van der Waals surface area contributed by atoms with Crippen molar-refractivity contribution in [1.29, 1.82) is 0 Å². The van der Waals surface area contributed by atoms with E-state index in [4.69, 9.17) is 4.74 Å². The van der Waals surface area contributed by atoms with E-state index in [0.717, 1.165) is 5.56 Å². The Labute approximate surface area is 188 Å². The van der Waals surface area contributed by atoms with Crippen molar-refractivity contribution in [2.45, 2.75) is 44.7 Å². The number of rotatable bonds is 6. The molecule has 2 heterocycles. The average Bonchev–Trinajstić information content (AvgIpc) is 3.36. The number of hydrogen-bond acceptors (Lipinski definition) is 9. The average molecular weight is 457 g/mol. The fraction of sp³-hybridized carbons (Fsp3) is 0.409. The van der Waals surface area contributed by atoms with Crippen LogP contribution in [0.1, 0.15) is 28.8 Å². The van der Waals surface area contributed by atoms with Crippen LogP contribution in [0.15, 0.2) is 29.5 Å². The lowest BCUT2D eigenvalue weighted by Gasteiger charge is -2.20. The number of benzene rings is 1. The third-order valence-corrected chi connectivity index (χ3v) is 5.91. The second-order valence-electron chi connectivity index (χ2n) is 8.08. The van der Waals surface area contributed by atoms with Crippen molar-refractivity contribution in [1.82, 2.24) is 15.3 Å². The second kappa shape index (κ2) is 9.20. The first-order valence-corrected chi connectivity index (χ1v) is 10.4. The van der Waals surface area contributed by atoms with Crippen LogP contribution in [-0.2, 0) is 27.4 Å². The predicted octanol–water partition coefficient (Wildman–Crippen LogP) is 0.238. The van der Waals surface area contributed by atoms with Crippen molar-refractivity contribution in [3.05, 3.63) is 52.7 Å². The second-order valence-corrected chi connectivity index (χ2v) is 8.08. The number of anilines is 1. The molecule has 1 aromatic heterocycles. The van der Waals surface area contributed by atoms with Crippen molar-refractivity contribution < 1.29 is 28.9 Å². The SMILES string of the molecule is COC(=O)[C@@H]1C[C@@H](Nc2ncnc3c2C(C(=O)NCc2cc(C)ccc2F)=NC3)[C@@H](O)[C@H]1O. The van der Waals surface area contributed by atoms with Gasteiger partial charge in [-0.05, 0) is 19.4 Å². The van der Waals surface area contributed by atoms with Gasteiger partial charge in [0.15, 0.2) is 0 Å². The molecule has 11 heteroatoms. The van der Waals surface area contributed by atoms with Crippen molar-refractivity contribution in [2.24, 2.45) is 10.9 Å². The van der Waals surface area contributed by atoms with Gasteiger partial charge in [0.1, 0.15) is 29.8 Å². The number of nitrogens with zero attached hydrogens (tertiary/aromatic N) is 3. The molecule has 0 unspecified atom stereocenters. The van der Waals surface area contributed by atoms with Gasteiger partial charge in [0, 0.05) is 12.1 Å². The molecule has 1 saturated carbocycles. The van der Waals surface area contributed by atoms with E-state index in [-0.39, 0.29) is 31.0 Å². The van der Waals surface area contributed by atoms with E-state index in [1.165, 1.54) is 19.5 Å². The Bertz CT molecular complexity index is 1120. The van der Waals surface area contributed by atoms with Gasteiger partial charge in [0.25, 0.3) is 5.91 Å². The molecular formula is C22H24FN5O5. The summed E-state index contributed by atoms with van der Waals surface area (Å²) in [4.78, 5) is 37.4. The summed E-state index contributed by atoms with van der Waals surface area (Å²) >= 11 is 0. The first-order chi connectivity index (χ1) is 15.8. The van der Waals surface area contributed by atoms with E-state index < -0.39 is 41.9 Å². The van der Waals surface area contributed by atoms with E-state index >= 15 is 0 Å². The maximum atomic E-state index is 14.0. The number of hydrogen-bond donors (Lipinski definition) is 4. The summed E-state index contributed by atoms with van der Waals surface area (Å²) in [7, 11) is 1.21. The largest absolute Gasteiger partial charge is 0.469 e. The highest BCUT2D eigenvalue weighted by atomic mass is 19.1. The third kappa shape index (κ3) is 4.41. The number of halogens is 1. The molecule has 10 nitrogen and oxygen atoms in total. The van der Waals surface area contributed by atoms with E-state index in [0.29, 0.717) is 16.8 Å². The Kier molecular flexibility index (Phi) is 6.34. The number of aromatic nitrogens is 2. The summed E-state index contributed by atoms with van der Waals surface area (Å²) in [5, 5.41) is 26.3. The van der Waals surface area contributed by atoms with Crippen LogP contribution < -0.4 is 10.6 Å². The van der Waals surface area contributed by atoms with Gasteiger partial charge in [-0.25, -0.2) is 14.4 Å². The molecule has 0 radical (unpaired) electrons. The van der Waals surface area contributed by atoms with Crippen LogP contribution in [0.2, 0.25) is 0 Å². The number of aliphatic hydroxyl groups is 2. The zero-order chi connectivity index (χ0) is 23.7. The Morgan fingerprint density at radius 2 is 2.03 bits per heavy atom. The molecule has 0 spiro atoms. The summed E-state index contributed by atoms with van der Waals surface area (Å²) in [6.45, 7) is 1.97. The quantitative estimate of drug-likeness (QED) is 0.451. The molecule has 4 N–H and O–H groups in total. The number of ether oxygens (including phenoxy) is 1. The number of esters is 1. The zero-order valence-corrected chi connectivity index (χ0v) is 18.1. The molecule has 33 heavy (non-hydrogen) atoms. The summed E-state index contributed by atoms with van der Waals surface area (Å²) in [6.07, 6.45) is -1.14. The number of aliphatic hydroxyl groups excluding tert-OH is 2. The lowest BCUT2D eigenvalue weighted by molar-refractivity contribution is -0.149. The van der Waals surface area contributed by atoms with Crippen molar-refractivity contribution in [2.75, 3.05) is 12.4 Å². The lowest BCUT2D eigenvalue weighted by atomic mass is 10.1. The van der Waals surface area contributed by atoms with E-state index in [1.807, 2.05) is 6.92 Å². The molecule has 1 aliphatic carbocycles. The van der Waals surface area contributed by atoms with E-state index in [9.17, 15) is 24.2 Å². The molecule has 2 aliphatic rings. The van der Waals surface area contributed by atoms with Gasteiger partial charge in [0.2, 0.25) is 0 Å². The van der Waals surface area contributed by atoms with Gasteiger partial charge >= 0.3 is 5.97 Å². The molecule has 4 atom stereocenters. The third-order valence-electron chi connectivity index (χ3n) is 5.91. The van der Waals surface area contributed by atoms with Crippen LogP contribution in [0.3, 0.4) is 0 Å². The predicted molar refractivity (Wildman–Crippen MR) is 115 cm³/mol. The molecule has 1 amide bonds. The number of nitrogens with one attached hydrogen (secondary N) is 2. The molecule has 174 valence electrons. The number of aliphatic imine (C=N–C) groups is 1. The highest BCUT2D eigenvalue weighted by molar-refractivity contribution is 6.47. The topological polar surface area (TPSA) is 146 Å². The molecule has 2 aromatic rings. The van der Waals surface area contributed by atoms with Gasteiger partial charge in [-0.2, -0.15) is 0 Å². The minimum absolute atomic E-state index is 0.0223. The fourth-order valence-corrected chi connectivity index (χ4v) is 4.15. The van der Waals surface area contributed by atoms with Crippen LogP contribution in [0.4, 0.5) is 10.2 Å². The summed E-state index contributed by atoms with van der Waals surface area (Å²) in [6, 6.07) is 3.93. The minimum atomic E-state index is -1.30. The van der Waals surface area contributed by atoms with Gasteiger partial charge in [0.05, 0.1) is 43.0 Å². The maximum absolute atomic E-state index is 14.0. The highest BCUT2D eigenvalue weighted by Crippen LogP contribution is 2.32. The Hall–Kier alpha value is -3.44. The number of fused-ring (bicyclic) bond motifs is 1. The van der Waals surface area contributed by atoms with Crippen molar-refractivity contribution >= 4 is 23.4 Å². The minimum Gasteiger partial charge on any atom is -0.469 e. The summed E-state index contributed by atoms with van der Waals surface area (Å²) < 4.78 is 18.7. The van der Waals surface area contributed by atoms with Crippen LogP contribution >= 0.6 is 0 Å². The highest BCUT2D eigenvalue weighted by Gasteiger charge is 2.46. The van der Waals surface area contributed by atoms with E-state index in [1.54, 1.807) is 12.1 Å². The van der Waals surface area contributed by atoms with Gasteiger partial charge < -0.3 is 25.6 Å². The summed E-state index contributed by atoms with van der Waals surface area (Å²) in [5.41, 5.74) is 2.17. The molecular weight excluding hydrogens is 433 g/mol. The number of carbonyl (C=O) groups excluding carboxylic acids is 2. The van der Waals surface area contributed by atoms with Crippen molar-refractivity contribution in [3.63, 3.8) is 0 Å². The summed E-state index contributed by atoms with van der Waals surface area (Å²) in [5.74, 6) is -2.21. The van der Waals surface area contributed by atoms with Crippen LogP contribution in [0.25, 0.3) is 0 Å². The molecule has 1 aliphatic heterocycles. The Morgan fingerprint density at radius 1 is 1.24 bits per heavy atom. The molecule has 1 fully saturated rings. The number of methoxy groups -OCH3 is 1. The normalized spacial score (nSPS) is 23.6. The molecule has 0 saturated heterocycles. The molecule has 4 rings (SSSR count). The number of aryl methyl sites for hydroxylation is 1. The number of amides is 1.